The van der Waals surface area contributed by atoms with Crippen LogP contribution in [-0.4, -0.2) is 20.6 Å². The zero-order valence-corrected chi connectivity index (χ0v) is 12.1. The van der Waals surface area contributed by atoms with E-state index in [9.17, 15) is 14.3 Å². The van der Waals surface area contributed by atoms with Gasteiger partial charge in [-0.25, -0.2) is 9.37 Å². The first kappa shape index (κ1) is 13.3. The molecule has 20 heavy (non-hydrogen) atoms. The first-order chi connectivity index (χ1) is 9.58. The van der Waals surface area contributed by atoms with Crippen molar-refractivity contribution in [2.75, 3.05) is 0 Å². The standard InChI is InChI=1S/C14H12BrFN2O2/c15-14-17-12(9-3-1-2-4-10(9)16)11-7-8(13(19)20)5-6-18(11)14/h1-4,8H,5-7H2,(H,19,20). The third-order valence-electron chi connectivity index (χ3n) is 3.65. The van der Waals surface area contributed by atoms with Gasteiger partial charge in [0.05, 0.1) is 11.6 Å². The van der Waals surface area contributed by atoms with Gasteiger partial charge in [0, 0.05) is 24.2 Å². The molecule has 104 valence electrons. The van der Waals surface area contributed by atoms with E-state index < -0.39 is 11.9 Å². The molecule has 0 saturated carbocycles. The Morgan fingerprint density at radius 2 is 2.20 bits per heavy atom. The van der Waals surface area contributed by atoms with Crippen LogP contribution < -0.4 is 0 Å². The molecule has 1 aliphatic rings. The van der Waals surface area contributed by atoms with Gasteiger partial charge in [-0.3, -0.25) is 4.79 Å². The predicted molar refractivity (Wildman–Crippen MR) is 74.8 cm³/mol. The van der Waals surface area contributed by atoms with Crippen LogP contribution in [0.3, 0.4) is 0 Å². The molecule has 0 spiro atoms. The Morgan fingerprint density at radius 3 is 2.90 bits per heavy atom. The largest absolute Gasteiger partial charge is 0.481 e. The summed E-state index contributed by atoms with van der Waals surface area (Å²) >= 11 is 3.36. The number of carboxylic acid groups (broad SMARTS) is 1. The Morgan fingerprint density at radius 1 is 1.45 bits per heavy atom. The third kappa shape index (κ3) is 2.14. The van der Waals surface area contributed by atoms with Gasteiger partial charge in [0.2, 0.25) is 0 Å². The van der Waals surface area contributed by atoms with Gasteiger partial charge in [0.15, 0.2) is 4.73 Å². The van der Waals surface area contributed by atoms with Crippen molar-refractivity contribution in [3.05, 3.63) is 40.5 Å². The summed E-state index contributed by atoms with van der Waals surface area (Å²) in [6.07, 6.45) is 0.936. The van der Waals surface area contributed by atoms with Crippen LogP contribution in [0, 0.1) is 11.7 Å². The second kappa shape index (κ2) is 5.01. The van der Waals surface area contributed by atoms with E-state index in [0.717, 1.165) is 5.69 Å². The lowest BCUT2D eigenvalue weighted by molar-refractivity contribution is -0.142. The minimum atomic E-state index is -0.812. The number of fused-ring (bicyclic) bond motifs is 1. The summed E-state index contributed by atoms with van der Waals surface area (Å²) in [4.78, 5) is 15.5. The fraction of sp³-hybridized carbons (Fsp3) is 0.286. The zero-order valence-electron chi connectivity index (χ0n) is 10.5. The molecule has 2 heterocycles. The summed E-state index contributed by atoms with van der Waals surface area (Å²) in [7, 11) is 0. The number of aliphatic carboxylic acids is 1. The Labute approximate surface area is 123 Å². The maximum atomic E-state index is 13.9. The van der Waals surface area contributed by atoms with E-state index >= 15 is 0 Å². The van der Waals surface area contributed by atoms with Crippen LogP contribution in [0.5, 0.6) is 0 Å². The summed E-state index contributed by atoms with van der Waals surface area (Å²) in [5.41, 5.74) is 1.72. The van der Waals surface area contributed by atoms with Crippen LogP contribution in [0.2, 0.25) is 0 Å². The summed E-state index contributed by atoms with van der Waals surface area (Å²) < 4.78 is 16.5. The lowest BCUT2D eigenvalue weighted by Gasteiger charge is -2.22. The second-order valence-electron chi connectivity index (χ2n) is 4.84. The van der Waals surface area contributed by atoms with Crippen molar-refractivity contribution >= 4 is 21.9 Å². The highest BCUT2D eigenvalue weighted by Gasteiger charge is 2.29. The van der Waals surface area contributed by atoms with Gasteiger partial charge in [-0.05, 0) is 34.5 Å². The number of benzene rings is 1. The summed E-state index contributed by atoms with van der Waals surface area (Å²) in [6, 6.07) is 6.41. The maximum absolute atomic E-state index is 13.9. The normalized spacial score (nSPS) is 17.8. The van der Waals surface area contributed by atoms with E-state index in [2.05, 4.69) is 20.9 Å². The van der Waals surface area contributed by atoms with Gasteiger partial charge in [-0.2, -0.15) is 0 Å². The fourth-order valence-corrected chi connectivity index (χ4v) is 3.16. The molecule has 1 aromatic carbocycles. The van der Waals surface area contributed by atoms with Crippen molar-refractivity contribution in [1.29, 1.82) is 0 Å². The smallest absolute Gasteiger partial charge is 0.306 e. The maximum Gasteiger partial charge on any atom is 0.306 e. The van der Waals surface area contributed by atoms with Crippen LogP contribution in [0.25, 0.3) is 11.3 Å². The summed E-state index contributed by atoms with van der Waals surface area (Å²) in [5, 5.41) is 9.17. The number of hydrogen-bond donors (Lipinski definition) is 1. The molecule has 3 rings (SSSR count). The van der Waals surface area contributed by atoms with Crippen molar-refractivity contribution in [2.45, 2.75) is 19.4 Å². The molecule has 1 aromatic heterocycles. The molecule has 1 atom stereocenters. The molecule has 1 unspecified atom stereocenters. The highest BCUT2D eigenvalue weighted by molar-refractivity contribution is 9.10. The quantitative estimate of drug-likeness (QED) is 0.915. The van der Waals surface area contributed by atoms with E-state index in [4.69, 9.17) is 0 Å². The Bertz CT molecular complexity index is 684. The number of rotatable bonds is 2. The molecule has 4 nitrogen and oxygen atoms in total. The Kier molecular flexibility index (Phi) is 3.33. The first-order valence-electron chi connectivity index (χ1n) is 6.30. The number of aromatic nitrogens is 2. The Hall–Kier alpha value is -1.69. The molecule has 0 amide bonds. The lowest BCUT2D eigenvalue weighted by atomic mass is 9.94. The molecule has 1 aliphatic heterocycles. The molecular weight excluding hydrogens is 327 g/mol. The van der Waals surface area contributed by atoms with Gasteiger partial charge < -0.3 is 9.67 Å². The SMILES string of the molecule is O=C(O)C1CCn2c(Br)nc(-c3ccccc3F)c2C1. The third-order valence-corrected chi connectivity index (χ3v) is 4.25. The Balaban J connectivity index is 2.11. The van der Waals surface area contributed by atoms with Crippen molar-refractivity contribution < 1.29 is 14.3 Å². The fourth-order valence-electron chi connectivity index (χ4n) is 2.59. The number of halogens is 2. The number of carbonyl (C=O) groups is 1. The highest BCUT2D eigenvalue weighted by atomic mass is 79.9. The van der Waals surface area contributed by atoms with E-state index in [1.54, 1.807) is 18.2 Å². The van der Waals surface area contributed by atoms with Crippen LogP contribution in [0.15, 0.2) is 29.0 Å². The summed E-state index contributed by atoms with van der Waals surface area (Å²) in [5.74, 6) is -1.59. The van der Waals surface area contributed by atoms with Crippen LogP contribution in [0.4, 0.5) is 4.39 Å². The summed E-state index contributed by atoms with van der Waals surface area (Å²) in [6.45, 7) is 0.578. The molecule has 0 bridgehead atoms. The minimum absolute atomic E-state index is 0.349. The van der Waals surface area contributed by atoms with Crippen LogP contribution in [-0.2, 0) is 17.8 Å². The van der Waals surface area contributed by atoms with Gasteiger partial charge in [-0.15, -0.1) is 0 Å². The highest BCUT2D eigenvalue weighted by Crippen LogP contribution is 2.34. The van der Waals surface area contributed by atoms with Crippen LogP contribution >= 0.6 is 15.9 Å². The first-order valence-corrected chi connectivity index (χ1v) is 7.10. The molecular formula is C14H12BrFN2O2. The van der Waals surface area contributed by atoms with Crippen molar-refractivity contribution in [1.82, 2.24) is 9.55 Å². The van der Waals surface area contributed by atoms with Gasteiger partial charge in [-0.1, -0.05) is 12.1 Å². The second-order valence-corrected chi connectivity index (χ2v) is 5.54. The van der Waals surface area contributed by atoms with Crippen LogP contribution in [0.1, 0.15) is 12.1 Å². The number of carboxylic acids is 1. The molecule has 0 radical (unpaired) electrons. The monoisotopic (exact) mass is 338 g/mol. The van der Waals surface area contributed by atoms with E-state index in [1.165, 1.54) is 6.07 Å². The van der Waals surface area contributed by atoms with Gasteiger partial charge >= 0.3 is 5.97 Å². The molecule has 2 aromatic rings. The predicted octanol–water partition coefficient (Wildman–Crippen LogP) is 3.10. The van der Waals surface area contributed by atoms with Gasteiger partial charge in [0.1, 0.15) is 5.82 Å². The lowest BCUT2D eigenvalue weighted by Crippen LogP contribution is -2.25. The number of imidazole rings is 1. The molecule has 0 aliphatic carbocycles. The van der Waals surface area contributed by atoms with Crippen molar-refractivity contribution in [3.63, 3.8) is 0 Å². The van der Waals surface area contributed by atoms with E-state index in [0.29, 0.717) is 35.4 Å². The molecule has 0 saturated heterocycles. The zero-order chi connectivity index (χ0) is 14.3. The molecule has 1 N–H and O–H groups in total. The van der Waals surface area contributed by atoms with E-state index in [-0.39, 0.29) is 5.82 Å². The minimum Gasteiger partial charge on any atom is -0.481 e. The van der Waals surface area contributed by atoms with Crippen molar-refractivity contribution in [3.8, 4) is 11.3 Å². The van der Waals surface area contributed by atoms with Gasteiger partial charge in [0.25, 0.3) is 0 Å². The topological polar surface area (TPSA) is 55.1 Å². The molecule has 6 heteroatoms. The number of hydrogen-bond acceptors (Lipinski definition) is 2. The average molecular weight is 339 g/mol. The van der Waals surface area contributed by atoms with E-state index in [1.807, 2.05) is 4.57 Å². The number of nitrogens with zero attached hydrogens (tertiary/aromatic N) is 2. The molecule has 0 fully saturated rings. The van der Waals surface area contributed by atoms with Crippen molar-refractivity contribution in [2.24, 2.45) is 5.92 Å². The average Bonchev–Trinajstić information content (AvgIpc) is 2.76.